The monoisotopic (exact) mass is 290 g/mol. The first-order chi connectivity index (χ1) is 9.56. The Bertz CT molecular complexity index is 691. The number of halogens is 1. The van der Waals surface area contributed by atoms with Crippen LogP contribution in [-0.4, -0.2) is 22.2 Å². The van der Waals surface area contributed by atoms with Gasteiger partial charge in [0.2, 0.25) is 0 Å². The molecule has 104 valence electrons. The van der Waals surface area contributed by atoms with Gasteiger partial charge < -0.3 is 4.74 Å². The van der Waals surface area contributed by atoms with Gasteiger partial charge in [-0.1, -0.05) is 11.6 Å². The predicted molar refractivity (Wildman–Crippen MR) is 76.6 cm³/mol. The lowest BCUT2D eigenvalue weighted by atomic mass is 10.0. The molecule has 0 saturated carbocycles. The molecule has 0 saturated heterocycles. The van der Waals surface area contributed by atoms with Crippen LogP contribution in [-0.2, 0) is 19.9 Å². The molecule has 1 aromatic carbocycles. The fourth-order valence-corrected chi connectivity index (χ4v) is 2.78. The lowest BCUT2D eigenvalue weighted by Crippen LogP contribution is -2.06. The molecule has 0 aliphatic carbocycles. The second kappa shape index (κ2) is 4.94. The van der Waals surface area contributed by atoms with Crippen molar-refractivity contribution in [1.29, 1.82) is 0 Å². The van der Waals surface area contributed by atoms with Crippen molar-refractivity contribution in [2.45, 2.75) is 19.8 Å². The lowest BCUT2D eigenvalue weighted by molar-refractivity contribution is 0.0991. The second-order valence-electron chi connectivity index (χ2n) is 5.02. The van der Waals surface area contributed by atoms with Gasteiger partial charge in [-0.2, -0.15) is 5.10 Å². The van der Waals surface area contributed by atoms with Crippen LogP contribution in [0, 0.1) is 6.92 Å². The van der Waals surface area contributed by atoms with Crippen LogP contribution in [0.2, 0.25) is 5.02 Å². The molecule has 1 aliphatic heterocycles. The number of fused-ring (bicyclic) bond motifs is 1. The zero-order valence-corrected chi connectivity index (χ0v) is 12.2. The topological polar surface area (TPSA) is 44.1 Å². The standard InChI is InChI=1S/C15H15ClN2O2/c1-9-13(8-17-18(9)2)14(19)7-11-6-12(16)5-10-3-4-20-15(10)11/h5-6,8H,3-4,7H2,1-2H3. The number of ether oxygens (including phenoxy) is 1. The minimum absolute atomic E-state index is 0.0376. The van der Waals surface area contributed by atoms with E-state index in [1.165, 1.54) is 0 Å². The highest BCUT2D eigenvalue weighted by Crippen LogP contribution is 2.33. The molecule has 2 heterocycles. The third-order valence-corrected chi connectivity index (χ3v) is 3.93. The van der Waals surface area contributed by atoms with Crippen molar-refractivity contribution < 1.29 is 9.53 Å². The fourth-order valence-electron chi connectivity index (χ4n) is 2.52. The number of benzene rings is 1. The maximum Gasteiger partial charge on any atom is 0.170 e. The number of Topliss-reactive ketones (excluding diaryl/α,β-unsaturated/α-hetero) is 1. The molecule has 20 heavy (non-hydrogen) atoms. The summed E-state index contributed by atoms with van der Waals surface area (Å²) in [4.78, 5) is 12.4. The maximum atomic E-state index is 12.4. The number of carbonyl (C=O) groups is 1. The van der Waals surface area contributed by atoms with Gasteiger partial charge in [0.25, 0.3) is 0 Å². The summed E-state index contributed by atoms with van der Waals surface area (Å²) in [7, 11) is 1.83. The number of rotatable bonds is 3. The van der Waals surface area contributed by atoms with Gasteiger partial charge in [0.1, 0.15) is 5.75 Å². The van der Waals surface area contributed by atoms with Gasteiger partial charge in [-0.25, -0.2) is 0 Å². The van der Waals surface area contributed by atoms with E-state index in [1.807, 2.05) is 26.1 Å². The number of ketones is 1. The summed E-state index contributed by atoms with van der Waals surface area (Å²) in [5.41, 5.74) is 3.47. The molecule has 0 radical (unpaired) electrons. The molecule has 4 nitrogen and oxygen atoms in total. The number of carbonyl (C=O) groups excluding carboxylic acids is 1. The Kier molecular flexibility index (Phi) is 3.26. The van der Waals surface area contributed by atoms with Crippen molar-refractivity contribution in [2.75, 3.05) is 6.61 Å². The van der Waals surface area contributed by atoms with Crippen LogP contribution in [0.5, 0.6) is 5.75 Å². The molecule has 0 atom stereocenters. The maximum absolute atomic E-state index is 12.4. The van der Waals surface area contributed by atoms with Crippen LogP contribution < -0.4 is 4.74 Å². The molecule has 3 rings (SSSR count). The second-order valence-corrected chi connectivity index (χ2v) is 5.46. The summed E-state index contributed by atoms with van der Waals surface area (Å²) in [6.45, 7) is 2.54. The van der Waals surface area contributed by atoms with E-state index in [0.29, 0.717) is 17.2 Å². The van der Waals surface area contributed by atoms with Crippen LogP contribution in [0.3, 0.4) is 0 Å². The van der Waals surface area contributed by atoms with Gasteiger partial charge in [-0.3, -0.25) is 9.48 Å². The molecule has 0 N–H and O–H groups in total. The van der Waals surface area contributed by atoms with E-state index >= 15 is 0 Å². The zero-order valence-electron chi connectivity index (χ0n) is 11.4. The molecule has 1 aliphatic rings. The summed E-state index contributed by atoms with van der Waals surface area (Å²) < 4.78 is 7.33. The van der Waals surface area contributed by atoms with Crippen LogP contribution in [0.4, 0.5) is 0 Å². The first-order valence-corrected chi connectivity index (χ1v) is 6.90. The van der Waals surface area contributed by atoms with Gasteiger partial charge in [-0.15, -0.1) is 0 Å². The van der Waals surface area contributed by atoms with Crippen LogP contribution in [0.1, 0.15) is 27.2 Å². The van der Waals surface area contributed by atoms with E-state index in [0.717, 1.165) is 29.0 Å². The van der Waals surface area contributed by atoms with Crippen molar-refractivity contribution in [1.82, 2.24) is 9.78 Å². The van der Waals surface area contributed by atoms with E-state index in [4.69, 9.17) is 16.3 Å². The minimum atomic E-state index is 0.0376. The minimum Gasteiger partial charge on any atom is -0.493 e. The summed E-state index contributed by atoms with van der Waals surface area (Å²) in [6, 6.07) is 3.72. The van der Waals surface area contributed by atoms with Gasteiger partial charge in [0, 0.05) is 36.2 Å². The van der Waals surface area contributed by atoms with Crippen molar-refractivity contribution in [3.05, 3.63) is 45.7 Å². The number of aryl methyl sites for hydroxylation is 1. The highest BCUT2D eigenvalue weighted by atomic mass is 35.5. The number of aromatic nitrogens is 2. The van der Waals surface area contributed by atoms with Crippen LogP contribution in [0.25, 0.3) is 0 Å². The number of nitrogens with zero attached hydrogens (tertiary/aromatic N) is 2. The van der Waals surface area contributed by atoms with Crippen molar-refractivity contribution in [3.8, 4) is 5.75 Å². The lowest BCUT2D eigenvalue weighted by Gasteiger charge is -2.08. The Hall–Kier alpha value is -1.81. The van der Waals surface area contributed by atoms with Crippen molar-refractivity contribution in [2.24, 2.45) is 7.05 Å². The number of hydrogen-bond donors (Lipinski definition) is 0. The van der Waals surface area contributed by atoms with E-state index in [-0.39, 0.29) is 12.2 Å². The van der Waals surface area contributed by atoms with Gasteiger partial charge in [0.05, 0.1) is 18.4 Å². The average molecular weight is 291 g/mol. The molecule has 1 aromatic heterocycles. The first-order valence-electron chi connectivity index (χ1n) is 6.52. The summed E-state index contributed by atoms with van der Waals surface area (Å²) in [5.74, 6) is 0.861. The van der Waals surface area contributed by atoms with Gasteiger partial charge in [0.15, 0.2) is 5.78 Å². The number of hydrogen-bond acceptors (Lipinski definition) is 3. The van der Waals surface area contributed by atoms with Gasteiger partial charge in [-0.05, 0) is 24.6 Å². The SMILES string of the molecule is Cc1c(C(=O)Cc2cc(Cl)cc3c2OCC3)cnn1C. The normalized spacial score (nSPS) is 13.2. The molecule has 0 amide bonds. The van der Waals surface area contributed by atoms with E-state index in [1.54, 1.807) is 10.9 Å². The molecule has 0 fully saturated rings. The summed E-state index contributed by atoms with van der Waals surface area (Å²) in [5, 5.41) is 4.76. The van der Waals surface area contributed by atoms with Crippen LogP contribution in [0.15, 0.2) is 18.3 Å². The highest BCUT2D eigenvalue weighted by Gasteiger charge is 2.21. The molecule has 2 aromatic rings. The highest BCUT2D eigenvalue weighted by molar-refractivity contribution is 6.30. The summed E-state index contributed by atoms with van der Waals surface area (Å²) >= 11 is 6.11. The van der Waals surface area contributed by atoms with E-state index < -0.39 is 0 Å². The molecular formula is C15H15ClN2O2. The van der Waals surface area contributed by atoms with Crippen molar-refractivity contribution >= 4 is 17.4 Å². The van der Waals surface area contributed by atoms with Gasteiger partial charge >= 0.3 is 0 Å². The van der Waals surface area contributed by atoms with Crippen molar-refractivity contribution in [3.63, 3.8) is 0 Å². The Balaban J connectivity index is 1.92. The van der Waals surface area contributed by atoms with E-state index in [9.17, 15) is 4.79 Å². The predicted octanol–water partition coefficient (Wildman–Crippen LogP) is 2.74. The zero-order chi connectivity index (χ0) is 14.3. The summed E-state index contributed by atoms with van der Waals surface area (Å²) in [6.07, 6.45) is 2.75. The third-order valence-electron chi connectivity index (χ3n) is 3.71. The molecule has 5 heteroatoms. The fraction of sp³-hybridized carbons (Fsp3) is 0.333. The Labute approximate surface area is 122 Å². The Morgan fingerprint density at radius 2 is 2.30 bits per heavy atom. The smallest absolute Gasteiger partial charge is 0.170 e. The Morgan fingerprint density at radius 3 is 3.00 bits per heavy atom. The largest absolute Gasteiger partial charge is 0.493 e. The van der Waals surface area contributed by atoms with Crippen LogP contribution >= 0.6 is 11.6 Å². The molecule has 0 unspecified atom stereocenters. The van der Waals surface area contributed by atoms with E-state index in [2.05, 4.69) is 5.10 Å². The first kappa shape index (κ1) is 13.2. The molecular weight excluding hydrogens is 276 g/mol. The average Bonchev–Trinajstić information content (AvgIpc) is 2.97. The molecule has 0 bridgehead atoms. The Morgan fingerprint density at radius 1 is 1.50 bits per heavy atom. The third kappa shape index (κ3) is 2.20. The molecule has 0 spiro atoms. The quantitative estimate of drug-likeness (QED) is 0.817.